The molecule has 2 heteroatoms. The van der Waals surface area contributed by atoms with Crippen LogP contribution in [0.4, 0.5) is 0 Å². The van der Waals surface area contributed by atoms with Gasteiger partial charge in [0.2, 0.25) is 0 Å². The van der Waals surface area contributed by atoms with Crippen molar-refractivity contribution in [3.63, 3.8) is 0 Å². The molecule has 0 aliphatic rings. The Morgan fingerprint density at radius 1 is 0.947 bits per heavy atom. The Hall–Kier alpha value is -2.35. The van der Waals surface area contributed by atoms with Crippen molar-refractivity contribution in [3.05, 3.63) is 59.8 Å². The number of phenolic OH excluding ortho intramolecular Hbond substituents is 1. The van der Waals surface area contributed by atoms with Crippen LogP contribution in [-0.4, -0.2) is 10.1 Å². The molecule has 0 aliphatic heterocycles. The molecule has 0 spiro atoms. The summed E-state index contributed by atoms with van der Waals surface area (Å²) in [6.45, 7) is 4.24. The Morgan fingerprint density at radius 2 is 1.68 bits per heavy atom. The summed E-state index contributed by atoms with van der Waals surface area (Å²) < 4.78 is 0. The van der Waals surface area contributed by atoms with Gasteiger partial charge in [0.1, 0.15) is 5.75 Å². The average molecular weight is 249 g/mol. The molecule has 94 valence electrons. The van der Waals surface area contributed by atoms with E-state index in [-0.39, 0.29) is 5.75 Å². The minimum absolute atomic E-state index is 0.249. The highest BCUT2D eigenvalue weighted by Crippen LogP contribution is 2.33. The van der Waals surface area contributed by atoms with Gasteiger partial charge in [-0.1, -0.05) is 18.2 Å². The second-order valence-corrected chi connectivity index (χ2v) is 4.83. The van der Waals surface area contributed by atoms with Crippen molar-refractivity contribution in [2.75, 3.05) is 0 Å². The molecule has 0 saturated carbocycles. The Bertz CT molecular complexity index is 742. The van der Waals surface area contributed by atoms with E-state index in [4.69, 9.17) is 0 Å². The number of aromatic nitrogens is 1. The van der Waals surface area contributed by atoms with Gasteiger partial charge in [0.15, 0.2) is 0 Å². The zero-order valence-corrected chi connectivity index (χ0v) is 11.0. The van der Waals surface area contributed by atoms with E-state index in [1.165, 1.54) is 22.3 Å². The van der Waals surface area contributed by atoms with E-state index in [0.29, 0.717) is 0 Å². The molecule has 1 aromatic heterocycles. The summed E-state index contributed by atoms with van der Waals surface area (Å²) in [5.74, 6) is 0.249. The highest BCUT2D eigenvalue weighted by atomic mass is 16.3. The Labute approximate surface area is 112 Å². The van der Waals surface area contributed by atoms with E-state index < -0.39 is 0 Å². The largest absolute Gasteiger partial charge is 0.508 e. The first-order valence-corrected chi connectivity index (χ1v) is 6.31. The number of benzene rings is 2. The number of rotatable bonds is 1. The van der Waals surface area contributed by atoms with E-state index >= 15 is 0 Å². The number of hydrogen-bond donors (Lipinski definition) is 1. The van der Waals surface area contributed by atoms with Crippen molar-refractivity contribution in [3.8, 4) is 16.9 Å². The van der Waals surface area contributed by atoms with Gasteiger partial charge in [-0.25, -0.2) is 0 Å². The predicted molar refractivity (Wildman–Crippen MR) is 78.3 cm³/mol. The lowest BCUT2D eigenvalue weighted by Crippen LogP contribution is -1.90. The average Bonchev–Trinajstić information content (AvgIpc) is 2.38. The van der Waals surface area contributed by atoms with Crippen LogP contribution in [0.15, 0.2) is 48.7 Å². The third kappa shape index (κ3) is 1.95. The van der Waals surface area contributed by atoms with Gasteiger partial charge in [-0.2, -0.15) is 0 Å². The van der Waals surface area contributed by atoms with E-state index in [0.717, 1.165) is 10.9 Å². The maximum Gasteiger partial charge on any atom is 0.117 e. The number of fused-ring (bicyclic) bond motifs is 1. The van der Waals surface area contributed by atoms with Gasteiger partial charge in [0.25, 0.3) is 0 Å². The van der Waals surface area contributed by atoms with Crippen molar-refractivity contribution >= 4 is 10.9 Å². The summed E-state index contributed by atoms with van der Waals surface area (Å²) in [6.07, 6.45) is 1.79. The molecule has 2 nitrogen and oxygen atoms in total. The van der Waals surface area contributed by atoms with Crippen LogP contribution in [-0.2, 0) is 0 Å². The third-order valence-electron chi connectivity index (χ3n) is 3.48. The highest BCUT2D eigenvalue weighted by Gasteiger charge is 2.09. The van der Waals surface area contributed by atoms with E-state index in [1.54, 1.807) is 18.3 Å². The summed E-state index contributed by atoms with van der Waals surface area (Å²) >= 11 is 0. The monoisotopic (exact) mass is 249 g/mol. The molecule has 0 unspecified atom stereocenters. The molecule has 0 radical (unpaired) electrons. The van der Waals surface area contributed by atoms with E-state index in [1.807, 2.05) is 12.1 Å². The molecular formula is C17H15NO. The number of hydrogen-bond acceptors (Lipinski definition) is 2. The van der Waals surface area contributed by atoms with Crippen molar-refractivity contribution in [1.29, 1.82) is 0 Å². The van der Waals surface area contributed by atoms with Gasteiger partial charge in [-0.05, 0) is 54.3 Å². The summed E-state index contributed by atoms with van der Waals surface area (Å²) in [4.78, 5) is 4.33. The quantitative estimate of drug-likeness (QED) is 0.700. The van der Waals surface area contributed by atoms with Crippen molar-refractivity contribution < 1.29 is 5.11 Å². The van der Waals surface area contributed by atoms with Crippen molar-refractivity contribution in [2.24, 2.45) is 0 Å². The fourth-order valence-corrected chi connectivity index (χ4v) is 2.59. The fraction of sp³-hybridized carbons (Fsp3) is 0.118. The molecule has 0 aliphatic carbocycles. The van der Waals surface area contributed by atoms with Gasteiger partial charge in [0.05, 0.1) is 5.52 Å². The van der Waals surface area contributed by atoms with E-state index in [9.17, 15) is 5.11 Å². The van der Waals surface area contributed by atoms with Gasteiger partial charge >= 0.3 is 0 Å². The van der Waals surface area contributed by atoms with Gasteiger partial charge in [-0.15, -0.1) is 0 Å². The number of nitrogens with zero attached hydrogens (tertiary/aromatic N) is 1. The topological polar surface area (TPSA) is 33.1 Å². The van der Waals surface area contributed by atoms with Crippen molar-refractivity contribution in [2.45, 2.75) is 13.8 Å². The zero-order valence-electron chi connectivity index (χ0n) is 11.0. The first-order valence-electron chi connectivity index (χ1n) is 6.31. The number of pyridine rings is 1. The van der Waals surface area contributed by atoms with Crippen LogP contribution in [0.5, 0.6) is 5.75 Å². The maximum absolute atomic E-state index is 9.56. The molecule has 0 fully saturated rings. The summed E-state index contributed by atoms with van der Waals surface area (Å²) in [6, 6.07) is 13.7. The van der Waals surface area contributed by atoms with Crippen LogP contribution in [0.3, 0.4) is 0 Å². The van der Waals surface area contributed by atoms with Gasteiger partial charge in [0, 0.05) is 17.6 Å². The molecular weight excluding hydrogens is 234 g/mol. The molecule has 0 saturated heterocycles. The molecule has 19 heavy (non-hydrogen) atoms. The Balaban J connectivity index is 2.37. The summed E-state index contributed by atoms with van der Waals surface area (Å²) in [7, 11) is 0. The fourth-order valence-electron chi connectivity index (χ4n) is 2.59. The van der Waals surface area contributed by atoms with Crippen LogP contribution in [0.25, 0.3) is 22.0 Å². The molecule has 0 atom stereocenters. The summed E-state index contributed by atoms with van der Waals surface area (Å²) in [5, 5.41) is 10.6. The van der Waals surface area contributed by atoms with Crippen LogP contribution < -0.4 is 0 Å². The first-order chi connectivity index (χ1) is 9.16. The second kappa shape index (κ2) is 4.39. The molecule has 3 aromatic rings. The maximum atomic E-state index is 9.56. The molecule has 3 rings (SSSR count). The van der Waals surface area contributed by atoms with Crippen LogP contribution in [0.2, 0.25) is 0 Å². The van der Waals surface area contributed by atoms with Crippen LogP contribution >= 0.6 is 0 Å². The molecule has 2 aromatic carbocycles. The molecule has 0 bridgehead atoms. The number of aryl methyl sites for hydroxylation is 2. The van der Waals surface area contributed by atoms with Gasteiger partial charge in [-0.3, -0.25) is 4.98 Å². The Morgan fingerprint density at radius 3 is 2.42 bits per heavy atom. The SMILES string of the molecule is Cc1cccc(C)c1-c1ccnc2cc(O)ccc12. The molecule has 1 N–H and O–H groups in total. The molecule has 1 heterocycles. The third-order valence-corrected chi connectivity index (χ3v) is 3.48. The van der Waals surface area contributed by atoms with Crippen LogP contribution in [0.1, 0.15) is 11.1 Å². The Kier molecular flexibility index (Phi) is 2.71. The minimum Gasteiger partial charge on any atom is -0.508 e. The smallest absolute Gasteiger partial charge is 0.117 e. The van der Waals surface area contributed by atoms with E-state index in [2.05, 4.69) is 37.0 Å². The lowest BCUT2D eigenvalue weighted by molar-refractivity contribution is 0.476. The predicted octanol–water partition coefficient (Wildman–Crippen LogP) is 4.22. The van der Waals surface area contributed by atoms with Crippen LogP contribution in [0, 0.1) is 13.8 Å². The first kappa shape index (κ1) is 11.7. The lowest BCUT2D eigenvalue weighted by atomic mass is 9.93. The number of phenols is 1. The van der Waals surface area contributed by atoms with Crippen molar-refractivity contribution in [1.82, 2.24) is 4.98 Å². The minimum atomic E-state index is 0.249. The zero-order chi connectivity index (χ0) is 13.4. The lowest BCUT2D eigenvalue weighted by Gasteiger charge is -2.12. The van der Waals surface area contributed by atoms with Gasteiger partial charge < -0.3 is 5.11 Å². The second-order valence-electron chi connectivity index (χ2n) is 4.83. The molecule has 0 amide bonds. The standard InChI is InChI=1S/C17H15NO/c1-11-4-3-5-12(2)17(11)15-8-9-18-16-10-13(19)6-7-14(15)16/h3-10,19H,1-2H3. The number of aromatic hydroxyl groups is 1. The normalized spacial score (nSPS) is 10.8. The highest BCUT2D eigenvalue weighted by molar-refractivity contribution is 5.96. The summed E-state index contributed by atoms with van der Waals surface area (Å²) in [5.41, 5.74) is 5.74.